The molecule has 1 aliphatic rings. The van der Waals surface area contributed by atoms with Crippen molar-refractivity contribution in [3.05, 3.63) is 71.9 Å². The van der Waals surface area contributed by atoms with Crippen LogP contribution in [0.2, 0.25) is 0 Å². The summed E-state index contributed by atoms with van der Waals surface area (Å²) in [5.74, 6) is -0.0974. The van der Waals surface area contributed by atoms with Gasteiger partial charge in [0.2, 0.25) is 0 Å². The third-order valence-corrected chi connectivity index (χ3v) is 4.20. The van der Waals surface area contributed by atoms with Gasteiger partial charge in [0.05, 0.1) is 22.6 Å². The third kappa shape index (κ3) is 3.04. The predicted molar refractivity (Wildman–Crippen MR) is 99.8 cm³/mol. The first-order valence-electron chi connectivity index (χ1n) is 8.21. The molecule has 1 amide bonds. The lowest BCUT2D eigenvalue weighted by atomic mass is 10.0. The molecule has 4 rings (SSSR count). The summed E-state index contributed by atoms with van der Waals surface area (Å²) in [6.07, 6.45) is 0.716. The highest BCUT2D eigenvalue weighted by molar-refractivity contribution is 6.02. The second kappa shape index (κ2) is 6.28. The highest BCUT2D eigenvalue weighted by Crippen LogP contribution is 2.30. The molecule has 0 unspecified atom stereocenters. The van der Waals surface area contributed by atoms with Crippen molar-refractivity contribution in [3.8, 4) is 11.3 Å². The van der Waals surface area contributed by atoms with E-state index >= 15 is 0 Å². The van der Waals surface area contributed by atoms with E-state index in [4.69, 9.17) is 10.7 Å². The first kappa shape index (κ1) is 15.2. The summed E-state index contributed by atoms with van der Waals surface area (Å²) in [6.45, 7) is 0.606. The molecule has 4 N–H and O–H groups in total. The standard InChI is InChI=1S/C20H18N4O/c21-14-7-4-8-15(11-14)23-18-12-17(13-5-2-1-3-6-13)24-16-9-10-22-20(25)19(16)18/h1-8,11-12H,9-10,21H2,(H,22,25)(H,23,24). The number of pyridine rings is 1. The van der Waals surface area contributed by atoms with Gasteiger partial charge in [-0.25, -0.2) is 0 Å². The van der Waals surface area contributed by atoms with Crippen molar-refractivity contribution < 1.29 is 4.79 Å². The van der Waals surface area contributed by atoms with Gasteiger partial charge in [-0.3, -0.25) is 9.78 Å². The minimum Gasteiger partial charge on any atom is -0.399 e. The highest BCUT2D eigenvalue weighted by atomic mass is 16.1. The van der Waals surface area contributed by atoms with Gasteiger partial charge in [-0.2, -0.15) is 0 Å². The van der Waals surface area contributed by atoms with Crippen LogP contribution in [0.25, 0.3) is 11.3 Å². The predicted octanol–water partition coefficient (Wildman–Crippen LogP) is 3.36. The van der Waals surface area contributed by atoms with Crippen LogP contribution in [0.5, 0.6) is 0 Å². The second-order valence-electron chi connectivity index (χ2n) is 6.00. The summed E-state index contributed by atoms with van der Waals surface area (Å²) in [4.78, 5) is 17.1. The second-order valence-corrected chi connectivity index (χ2v) is 6.00. The van der Waals surface area contributed by atoms with Gasteiger partial charge in [0.1, 0.15) is 0 Å². The van der Waals surface area contributed by atoms with Crippen LogP contribution in [0.3, 0.4) is 0 Å². The average molecular weight is 330 g/mol. The Morgan fingerprint density at radius 2 is 1.88 bits per heavy atom. The van der Waals surface area contributed by atoms with Crippen molar-refractivity contribution >= 4 is 23.0 Å². The van der Waals surface area contributed by atoms with Crippen molar-refractivity contribution in [1.29, 1.82) is 0 Å². The maximum Gasteiger partial charge on any atom is 0.255 e. The number of fused-ring (bicyclic) bond motifs is 1. The fourth-order valence-electron chi connectivity index (χ4n) is 3.04. The number of aromatic nitrogens is 1. The number of nitrogens with one attached hydrogen (secondary N) is 2. The van der Waals surface area contributed by atoms with E-state index in [1.807, 2.05) is 60.7 Å². The molecule has 0 atom stereocenters. The lowest BCUT2D eigenvalue weighted by molar-refractivity contribution is 0.0946. The molecule has 25 heavy (non-hydrogen) atoms. The zero-order valence-corrected chi connectivity index (χ0v) is 13.6. The normalized spacial score (nSPS) is 13.0. The van der Waals surface area contributed by atoms with Crippen molar-refractivity contribution in [2.45, 2.75) is 6.42 Å². The Morgan fingerprint density at radius 3 is 2.68 bits per heavy atom. The molecule has 124 valence electrons. The Hall–Kier alpha value is -3.34. The van der Waals surface area contributed by atoms with Crippen LogP contribution in [-0.2, 0) is 6.42 Å². The van der Waals surface area contributed by atoms with Gasteiger partial charge >= 0.3 is 0 Å². The van der Waals surface area contributed by atoms with Gasteiger partial charge in [0.25, 0.3) is 5.91 Å². The smallest absolute Gasteiger partial charge is 0.255 e. The molecule has 0 fully saturated rings. The van der Waals surface area contributed by atoms with E-state index < -0.39 is 0 Å². The molecule has 1 aliphatic heterocycles. The Balaban J connectivity index is 1.84. The molecule has 0 saturated heterocycles. The minimum atomic E-state index is -0.0974. The Morgan fingerprint density at radius 1 is 1.04 bits per heavy atom. The van der Waals surface area contributed by atoms with Crippen LogP contribution in [0.4, 0.5) is 17.1 Å². The fourth-order valence-corrected chi connectivity index (χ4v) is 3.04. The zero-order valence-electron chi connectivity index (χ0n) is 13.6. The SMILES string of the molecule is Nc1cccc(Nc2cc(-c3ccccc3)nc3c2C(=O)NCC3)c1. The number of nitrogens with two attached hydrogens (primary N) is 1. The number of nitrogen functional groups attached to an aromatic ring is 1. The van der Waals surface area contributed by atoms with Gasteiger partial charge in [0, 0.05) is 29.9 Å². The summed E-state index contributed by atoms with van der Waals surface area (Å²) in [6, 6.07) is 19.4. The van der Waals surface area contributed by atoms with Gasteiger partial charge in [-0.05, 0) is 24.3 Å². The molecule has 0 spiro atoms. The van der Waals surface area contributed by atoms with Gasteiger partial charge in [-0.1, -0.05) is 36.4 Å². The van der Waals surface area contributed by atoms with E-state index in [1.165, 1.54) is 0 Å². The fraction of sp³-hybridized carbons (Fsp3) is 0.100. The number of carbonyl (C=O) groups excluding carboxylic acids is 1. The number of anilines is 3. The molecule has 0 saturated carbocycles. The summed E-state index contributed by atoms with van der Waals surface area (Å²) in [5.41, 5.74) is 11.4. The van der Waals surface area contributed by atoms with Gasteiger partial charge in [0.15, 0.2) is 0 Å². The van der Waals surface area contributed by atoms with E-state index in [-0.39, 0.29) is 5.91 Å². The van der Waals surface area contributed by atoms with E-state index in [9.17, 15) is 4.79 Å². The topological polar surface area (TPSA) is 80.0 Å². The maximum absolute atomic E-state index is 12.4. The Labute approximate surface area is 145 Å². The van der Waals surface area contributed by atoms with E-state index in [0.717, 1.165) is 28.3 Å². The minimum absolute atomic E-state index is 0.0974. The highest BCUT2D eigenvalue weighted by Gasteiger charge is 2.23. The lowest BCUT2D eigenvalue weighted by Gasteiger charge is -2.21. The molecule has 5 heteroatoms. The van der Waals surface area contributed by atoms with Gasteiger partial charge in [-0.15, -0.1) is 0 Å². The van der Waals surface area contributed by atoms with Crippen molar-refractivity contribution in [1.82, 2.24) is 10.3 Å². The molecule has 0 aliphatic carbocycles. The zero-order chi connectivity index (χ0) is 17.2. The van der Waals surface area contributed by atoms with Crippen LogP contribution in [-0.4, -0.2) is 17.4 Å². The van der Waals surface area contributed by atoms with E-state index in [1.54, 1.807) is 0 Å². The lowest BCUT2D eigenvalue weighted by Crippen LogP contribution is -2.33. The Kier molecular flexibility index (Phi) is 3.82. The first-order valence-corrected chi connectivity index (χ1v) is 8.21. The van der Waals surface area contributed by atoms with Crippen molar-refractivity contribution in [2.75, 3.05) is 17.6 Å². The number of amides is 1. The van der Waals surface area contributed by atoms with Crippen molar-refractivity contribution in [3.63, 3.8) is 0 Å². The number of hydrogen-bond donors (Lipinski definition) is 3. The van der Waals surface area contributed by atoms with Crippen LogP contribution < -0.4 is 16.4 Å². The molecule has 0 bridgehead atoms. The quantitative estimate of drug-likeness (QED) is 0.643. The molecule has 5 nitrogen and oxygen atoms in total. The molecular formula is C20H18N4O. The largest absolute Gasteiger partial charge is 0.399 e. The summed E-state index contributed by atoms with van der Waals surface area (Å²) in [7, 11) is 0. The van der Waals surface area contributed by atoms with Gasteiger partial charge < -0.3 is 16.4 Å². The van der Waals surface area contributed by atoms with Crippen LogP contribution >= 0.6 is 0 Å². The summed E-state index contributed by atoms with van der Waals surface area (Å²) >= 11 is 0. The van der Waals surface area contributed by atoms with Crippen LogP contribution in [0.1, 0.15) is 16.1 Å². The van der Waals surface area contributed by atoms with E-state index in [0.29, 0.717) is 24.2 Å². The first-order chi connectivity index (χ1) is 12.2. The number of benzene rings is 2. The van der Waals surface area contributed by atoms with Crippen molar-refractivity contribution in [2.24, 2.45) is 0 Å². The van der Waals surface area contributed by atoms with Crippen LogP contribution in [0.15, 0.2) is 60.7 Å². The van der Waals surface area contributed by atoms with Crippen LogP contribution in [0, 0.1) is 0 Å². The Bertz CT molecular complexity index is 938. The maximum atomic E-state index is 12.4. The third-order valence-electron chi connectivity index (χ3n) is 4.20. The number of rotatable bonds is 3. The molecule has 3 aromatic rings. The summed E-state index contributed by atoms with van der Waals surface area (Å²) in [5, 5.41) is 6.22. The number of nitrogens with zero attached hydrogens (tertiary/aromatic N) is 1. The summed E-state index contributed by atoms with van der Waals surface area (Å²) < 4.78 is 0. The molecule has 2 aromatic carbocycles. The van der Waals surface area contributed by atoms with E-state index in [2.05, 4.69) is 10.6 Å². The molecule has 1 aromatic heterocycles. The molecular weight excluding hydrogens is 312 g/mol. The average Bonchev–Trinajstić information content (AvgIpc) is 2.62. The number of hydrogen-bond acceptors (Lipinski definition) is 4. The number of carbonyl (C=O) groups is 1. The monoisotopic (exact) mass is 330 g/mol. The molecule has 0 radical (unpaired) electrons. The molecule has 2 heterocycles.